The lowest BCUT2D eigenvalue weighted by Crippen LogP contribution is -2.31. The number of amides is 1. The monoisotopic (exact) mass is 358 g/mol. The molecule has 1 aromatic heterocycles. The lowest BCUT2D eigenvalue weighted by atomic mass is 10.1. The Morgan fingerprint density at radius 1 is 1.08 bits per heavy atom. The van der Waals surface area contributed by atoms with Gasteiger partial charge in [0.1, 0.15) is 5.69 Å². The Bertz CT molecular complexity index is 811. The maximum atomic E-state index is 12.3. The molecule has 0 fully saturated rings. The van der Waals surface area contributed by atoms with Crippen molar-refractivity contribution >= 4 is 17.8 Å². The SMILES string of the molecule is COC(=O)c1c(C)[nH]c(C(=O)OCC(=O)N(C)Cc2ccccc2)c1C. The van der Waals surface area contributed by atoms with Crippen LogP contribution in [0.4, 0.5) is 0 Å². The topological polar surface area (TPSA) is 88.7 Å². The molecule has 0 aliphatic heterocycles. The van der Waals surface area contributed by atoms with E-state index in [1.54, 1.807) is 20.9 Å². The van der Waals surface area contributed by atoms with E-state index in [1.165, 1.54) is 12.0 Å². The second-order valence-corrected chi connectivity index (χ2v) is 5.93. The summed E-state index contributed by atoms with van der Waals surface area (Å²) in [5.74, 6) is -1.55. The normalized spacial score (nSPS) is 10.3. The van der Waals surface area contributed by atoms with Crippen LogP contribution in [-0.4, -0.2) is 48.5 Å². The number of nitrogens with zero attached hydrogens (tertiary/aromatic N) is 1. The molecule has 0 unspecified atom stereocenters. The average molecular weight is 358 g/mol. The highest BCUT2D eigenvalue weighted by molar-refractivity contribution is 5.99. The fourth-order valence-electron chi connectivity index (χ4n) is 2.62. The Balaban J connectivity index is 1.98. The van der Waals surface area contributed by atoms with Crippen molar-refractivity contribution in [1.29, 1.82) is 0 Å². The van der Waals surface area contributed by atoms with E-state index in [0.717, 1.165) is 5.56 Å². The Hall–Kier alpha value is -3.09. The molecule has 26 heavy (non-hydrogen) atoms. The van der Waals surface area contributed by atoms with Gasteiger partial charge < -0.3 is 19.4 Å². The first-order valence-corrected chi connectivity index (χ1v) is 8.07. The van der Waals surface area contributed by atoms with Gasteiger partial charge in [-0.15, -0.1) is 0 Å². The van der Waals surface area contributed by atoms with Crippen molar-refractivity contribution < 1.29 is 23.9 Å². The molecule has 0 spiro atoms. The average Bonchev–Trinajstić information content (AvgIpc) is 2.94. The van der Waals surface area contributed by atoms with Crippen LogP contribution < -0.4 is 0 Å². The zero-order valence-electron chi connectivity index (χ0n) is 15.3. The summed E-state index contributed by atoms with van der Waals surface area (Å²) in [4.78, 5) is 40.5. The summed E-state index contributed by atoms with van der Waals surface area (Å²) in [5.41, 5.74) is 2.36. The molecule has 0 aliphatic carbocycles. The van der Waals surface area contributed by atoms with E-state index in [9.17, 15) is 14.4 Å². The largest absolute Gasteiger partial charge is 0.465 e. The number of carbonyl (C=O) groups is 3. The molecule has 0 bridgehead atoms. The molecule has 0 saturated heterocycles. The van der Waals surface area contributed by atoms with Crippen LogP contribution in [0.5, 0.6) is 0 Å². The number of hydrogen-bond acceptors (Lipinski definition) is 5. The number of hydrogen-bond donors (Lipinski definition) is 1. The van der Waals surface area contributed by atoms with Crippen molar-refractivity contribution in [3.05, 3.63) is 58.4 Å². The van der Waals surface area contributed by atoms with E-state index in [-0.39, 0.29) is 18.2 Å². The summed E-state index contributed by atoms with van der Waals surface area (Å²) in [6, 6.07) is 9.51. The molecule has 138 valence electrons. The number of methoxy groups -OCH3 is 1. The van der Waals surface area contributed by atoms with Gasteiger partial charge in [-0.3, -0.25) is 4.79 Å². The second kappa shape index (κ2) is 8.33. The molecular formula is C19H22N2O5. The Morgan fingerprint density at radius 3 is 2.35 bits per heavy atom. The van der Waals surface area contributed by atoms with Gasteiger partial charge in [0, 0.05) is 19.3 Å². The molecule has 0 atom stereocenters. The molecule has 1 aromatic carbocycles. The molecule has 1 amide bonds. The zero-order chi connectivity index (χ0) is 19.3. The third-order valence-electron chi connectivity index (χ3n) is 4.05. The van der Waals surface area contributed by atoms with Gasteiger partial charge in [-0.25, -0.2) is 9.59 Å². The molecule has 0 aliphatic rings. The van der Waals surface area contributed by atoms with E-state index in [0.29, 0.717) is 23.4 Å². The number of carbonyl (C=O) groups excluding carboxylic acids is 3. The van der Waals surface area contributed by atoms with Crippen LogP contribution in [0.3, 0.4) is 0 Å². The first kappa shape index (κ1) is 19.2. The summed E-state index contributed by atoms with van der Waals surface area (Å²) in [6.45, 7) is 3.32. The number of aromatic amines is 1. The lowest BCUT2D eigenvalue weighted by molar-refractivity contribution is -0.133. The Labute approximate surface area is 151 Å². The van der Waals surface area contributed by atoms with Crippen LogP contribution in [0.25, 0.3) is 0 Å². The maximum Gasteiger partial charge on any atom is 0.355 e. The standard InChI is InChI=1S/C19H22N2O5/c1-12-16(18(23)25-4)13(2)20-17(12)19(24)26-11-15(22)21(3)10-14-8-6-5-7-9-14/h5-9,20H,10-11H2,1-4H3. The smallest absolute Gasteiger partial charge is 0.355 e. The van der Waals surface area contributed by atoms with Gasteiger partial charge >= 0.3 is 11.9 Å². The van der Waals surface area contributed by atoms with Crippen molar-refractivity contribution in [2.24, 2.45) is 0 Å². The third kappa shape index (κ3) is 4.30. The van der Waals surface area contributed by atoms with Gasteiger partial charge in [0.25, 0.3) is 5.91 Å². The number of rotatable bonds is 6. The number of H-pyrrole nitrogens is 1. The first-order valence-electron chi connectivity index (χ1n) is 8.07. The molecule has 0 saturated carbocycles. The molecule has 1 heterocycles. The quantitative estimate of drug-likeness (QED) is 0.800. The summed E-state index contributed by atoms with van der Waals surface area (Å²) in [7, 11) is 2.91. The van der Waals surface area contributed by atoms with Crippen molar-refractivity contribution in [3.63, 3.8) is 0 Å². The van der Waals surface area contributed by atoms with Gasteiger partial charge in [-0.1, -0.05) is 30.3 Å². The fraction of sp³-hybridized carbons (Fsp3) is 0.316. The van der Waals surface area contributed by atoms with E-state index in [4.69, 9.17) is 9.47 Å². The van der Waals surface area contributed by atoms with Crippen LogP contribution in [0, 0.1) is 13.8 Å². The summed E-state index contributed by atoms with van der Waals surface area (Å²) >= 11 is 0. The van der Waals surface area contributed by atoms with E-state index >= 15 is 0 Å². The predicted octanol–water partition coefficient (Wildman–Crippen LogP) is 2.23. The van der Waals surface area contributed by atoms with Crippen LogP contribution in [0.1, 0.15) is 37.7 Å². The first-order chi connectivity index (χ1) is 12.3. The Kier molecular flexibility index (Phi) is 6.16. The number of aromatic nitrogens is 1. The minimum absolute atomic E-state index is 0.140. The summed E-state index contributed by atoms with van der Waals surface area (Å²) in [5, 5.41) is 0. The van der Waals surface area contributed by atoms with Crippen molar-refractivity contribution in [2.75, 3.05) is 20.8 Å². The molecular weight excluding hydrogens is 336 g/mol. The number of esters is 2. The minimum atomic E-state index is -0.692. The van der Waals surface area contributed by atoms with Gasteiger partial charge in [0.15, 0.2) is 6.61 Å². The highest BCUT2D eigenvalue weighted by Crippen LogP contribution is 2.19. The summed E-state index contributed by atoms with van der Waals surface area (Å²) < 4.78 is 9.80. The van der Waals surface area contributed by atoms with E-state index in [2.05, 4.69) is 4.98 Å². The molecule has 0 radical (unpaired) electrons. The molecule has 7 heteroatoms. The van der Waals surface area contributed by atoms with Crippen LogP contribution in [0.15, 0.2) is 30.3 Å². The minimum Gasteiger partial charge on any atom is -0.465 e. The maximum absolute atomic E-state index is 12.3. The second-order valence-electron chi connectivity index (χ2n) is 5.93. The number of benzene rings is 1. The van der Waals surface area contributed by atoms with Crippen LogP contribution >= 0.6 is 0 Å². The highest BCUT2D eigenvalue weighted by atomic mass is 16.5. The zero-order valence-corrected chi connectivity index (χ0v) is 15.3. The predicted molar refractivity (Wildman–Crippen MR) is 94.8 cm³/mol. The molecule has 7 nitrogen and oxygen atoms in total. The van der Waals surface area contributed by atoms with Crippen LogP contribution in [-0.2, 0) is 20.8 Å². The Morgan fingerprint density at radius 2 is 1.73 bits per heavy atom. The number of likely N-dealkylation sites (N-methyl/N-ethyl adjacent to an activating group) is 1. The van der Waals surface area contributed by atoms with E-state index in [1.807, 2.05) is 30.3 Å². The van der Waals surface area contributed by atoms with Crippen LogP contribution in [0.2, 0.25) is 0 Å². The van der Waals surface area contributed by atoms with E-state index < -0.39 is 11.9 Å². The molecule has 2 aromatic rings. The highest BCUT2D eigenvalue weighted by Gasteiger charge is 2.24. The van der Waals surface area contributed by atoms with Gasteiger partial charge in [-0.05, 0) is 25.0 Å². The molecule has 2 rings (SSSR count). The van der Waals surface area contributed by atoms with Gasteiger partial charge in [-0.2, -0.15) is 0 Å². The fourth-order valence-corrected chi connectivity index (χ4v) is 2.62. The number of aryl methyl sites for hydroxylation is 1. The van der Waals surface area contributed by atoms with Crippen molar-refractivity contribution in [1.82, 2.24) is 9.88 Å². The lowest BCUT2D eigenvalue weighted by Gasteiger charge is -2.17. The van der Waals surface area contributed by atoms with Gasteiger partial charge in [0.05, 0.1) is 12.7 Å². The number of ether oxygens (including phenoxy) is 2. The van der Waals surface area contributed by atoms with Crippen molar-refractivity contribution in [3.8, 4) is 0 Å². The number of nitrogens with one attached hydrogen (secondary N) is 1. The van der Waals surface area contributed by atoms with Gasteiger partial charge in [0.2, 0.25) is 0 Å². The third-order valence-corrected chi connectivity index (χ3v) is 4.05. The molecule has 1 N–H and O–H groups in total. The van der Waals surface area contributed by atoms with Crippen molar-refractivity contribution in [2.45, 2.75) is 20.4 Å². The summed E-state index contributed by atoms with van der Waals surface area (Å²) in [6.07, 6.45) is 0.